The molecule has 1 aliphatic heterocycles. The Balaban J connectivity index is 1.96. The van der Waals surface area contributed by atoms with Gasteiger partial charge in [-0.3, -0.25) is 9.80 Å². The Morgan fingerprint density at radius 1 is 1.42 bits per heavy atom. The molecule has 1 aromatic rings. The van der Waals surface area contributed by atoms with E-state index in [1.807, 2.05) is 0 Å². The number of hydrogen-bond donors (Lipinski definition) is 1. The molecule has 0 amide bonds. The first-order valence-corrected chi connectivity index (χ1v) is 7.59. The van der Waals surface area contributed by atoms with Crippen LogP contribution < -0.4 is 5.73 Å². The number of piperazine rings is 1. The Bertz CT molecular complexity index is 481. The number of rotatable bonds is 2. The second kappa shape index (κ2) is 6.06. The Hall–Kier alpha value is -0.860. The topological polar surface area (TPSA) is 32.5 Å². The minimum atomic E-state index is 0.262. The summed E-state index contributed by atoms with van der Waals surface area (Å²) in [6.07, 6.45) is 0. The average molecular weight is 277 g/mol. The fraction of sp³-hybridized carbons (Fsp3) is 0.600. The van der Waals surface area contributed by atoms with Crippen molar-refractivity contribution in [3.63, 3.8) is 0 Å². The van der Waals surface area contributed by atoms with Gasteiger partial charge in [-0.1, -0.05) is 11.8 Å². The minimum absolute atomic E-state index is 0.262. The van der Waals surface area contributed by atoms with E-state index in [0.717, 1.165) is 31.7 Å². The van der Waals surface area contributed by atoms with E-state index >= 15 is 0 Å². The quantitative estimate of drug-likeness (QED) is 0.833. The van der Waals surface area contributed by atoms with Gasteiger partial charge in [-0.15, -0.1) is 11.3 Å². The van der Waals surface area contributed by atoms with Crippen LogP contribution in [0.3, 0.4) is 0 Å². The van der Waals surface area contributed by atoms with E-state index in [4.69, 9.17) is 5.73 Å². The van der Waals surface area contributed by atoms with Crippen LogP contribution in [0, 0.1) is 11.8 Å². The van der Waals surface area contributed by atoms with Gasteiger partial charge in [0.1, 0.15) is 0 Å². The van der Waals surface area contributed by atoms with E-state index < -0.39 is 0 Å². The maximum absolute atomic E-state index is 5.39. The van der Waals surface area contributed by atoms with Crippen LogP contribution >= 0.6 is 11.3 Å². The van der Waals surface area contributed by atoms with Crippen LogP contribution in [0.25, 0.3) is 0 Å². The van der Waals surface area contributed by atoms with E-state index in [-0.39, 0.29) is 5.54 Å². The lowest BCUT2D eigenvalue weighted by Crippen LogP contribution is -2.57. The van der Waals surface area contributed by atoms with Gasteiger partial charge in [-0.25, -0.2) is 0 Å². The van der Waals surface area contributed by atoms with Gasteiger partial charge in [-0.2, -0.15) is 0 Å². The lowest BCUT2D eigenvalue weighted by Gasteiger charge is -2.45. The van der Waals surface area contributed by atoms with Gasteiger partial charge < -0.3 is 5.73 Å². The SMILES string of the molecule is CN1CCN(Cc2cc(C#CCN)cs2)CC1(C)C. The molecule has 1 aliphatic rings. The van der Waals surface area contributed by atoms with Gasteiger partial charge in [0.15, 0.2) is 0 Å². The van der Waals surface area contributed by atoms with Gasteiger partial charge in [0.05, 0.1) is 6.54 Å². The Kier molecular flexibility index (Phi) is 4.64. The number of thiophene rings is 1. The molecule has 0 bridgehead atoms. The molecule has 0 atom stereocenters. The molecule has 1 fully saturated rings. The summed E-state index contributed by atoms with van der Waals surface area (Å²) in [6.45, 7) is 9.48. The van der Waals surface area contributed by atoms with Crippen LogP contribution in [0.5, 0.6) is 0 Å². The third-order valence-corrected chi connectivity index (χ3v) is 4.69. The molecule has 104 valence electrons. The predicted molar refractivity (Wildman–Crippen MR) is 82.2 cm³/mol. The largest absolute Gasteiger partial charge is 0.320 e. The van der Waals surface area contributed by atoms with E-state index in [9.17, 15) is 0 Å². The number of nitrogens with zero attached hydrogens (tertiary/aromatic N) is 2. The summed E-state index contributed by atoms with van der Waals surface area (Å²) in [5, 5.41) is 2.12. The van der Waals surface area contributed by atoms with Crippen molar-refractivity contribution in [3.8, 4) is 11.8 Å². The van der Waals surface area contributed by atoms with Crippen molar-refractivity contribution in [3.05, 3.63) is 21.9 Å². The van der Waals surface area contributed by atoms with Gasteiger partial charge in [0.25, 0.3) is 0 Å². The highest BCUT2D eigenvalue weighted by atomic mass is 32.1. The second-order valence-corrected chi connectivity index (χ2v) is 6.75. The molecule has 0 radical (unpaired) electrons. The van der Waals surface area contributed by atoms with E-state index in [2.05, 4.69) is 54.0 Å². The molecule has 4 heteroatoms. The highest BCUT2D eigenvalue weighted by molar-refractivity contribution is 7.10. The number of likely N-dealkylation sites (N-methyl/N-ethyl adjacent to an activating group) is 1. The van der Waals surface area contributed by atoms with Crippen LogP contribution in [0.15, 0.2) is 11.4 Å². The van der Waals surface area contributed by atoms with Crippen molar-refractivity contribution >= 4 is 11.3 Å². The fourth-order valence-corrected chi connectivity index (χ4v) is 3.24. The summed E-state index contributed by atoms with van der Waals surface area (Å²) in [5.74, 6) is 6.00. The number of hydrogen-bond acceptors (Lipinski definition) is 4. The normalized spacial score (nSPS) is 20.0. The zero-order valence-corrected chi connectivity index (χ0v) is 12.9. The third-order valence-electron chi connectivity index (χ3n) is 3.76. The van der Waals surface area contributed by atoms with Crippen LogP contribution in [0.4, 0.5) is 0 Å². The Morgan fingerprint density at radius 3 is 2.89 bits per heavy atom. The predicted octanol–water partition coefficient (Wildman–Crippen LogP) is 1.58. The van der Waals surface area contributed by atoms with E-state index in [0.29, 0.717) is 6.54 Å². The fourth-order valence-electron chi connectivity index (χ4n) is 2.38. The van der Waals surface area contributed by atoms with Crippen LogP contribution in [-0.4, -0.2) is 48.6 Å². The smallest absolute Gasteiger partial charge is 0.0555 e. The monoisotopic (exact) mass is 277 g/mol. The highest BCUT2D eigenvalue weighted by Crippen LogP contribution is 2.22. The lowest BCUT2D eigenvalue weighted by molar-refractivity contribution is 0.0365. The third kappa shape index (κ3) is 3.80. The summed E-state index contributed by atoms with van der Waals surface area (Å²) >= 11 is 1.80. The van der Waals surface area contributed by atoms with Crippen molar-refractivity contribution in [2.24, 2.45) is 5.73 Å². The zero-order valence-electron chi connectivity index (χ0n) is 12.1. The summed E-state index contributed by atoms with van der Waals surface area (Å²) in [6, 6.07) is 2.19. The van der Waals surface area contributed by atoms with Crippen molar-refractivity contribution in [1.29, 1.82) is 0 Å². The van der Waals surface area contributed by atoms with Crippen molar-refractivity contribution in [2.75, 3.05) is 33.2 Å². The van der Waals surface area contributed by atoms with Gasteiger partial charge >= 0.3 is 0 Å². The molecule has 1 saturated heterocycles. The summed E-state index contributed by atoms with van der Waals surface area (Å²) in [5.41, 5.74) is 6.75. The molecule has 19 heavy (non-hydrogen) atoms. The molecule has 2 heterocycles. The molecule has 0 aromatic carbocycles. The minimum Gasteiger partial charge on any atom is -0.320 e. The van der Waals surface area contributed by atoms with E-state index in [1.165, 1.54) is 4.88 Å². The van der Waals surface area contributed by atoms with E-state index in [1.54, 1.807) is 11.3 Å². The maximum Gasteiger partial charge on any atom is 0.0555 e. The molecular formula is C15H23N3S. The molecule has 2 rings (SSSR count). The van der Waals surface area contributed by atoms with Crippen molar-refractivity contribution < 1.29 is 0 Å². The summed E-state index contributed by atoms with van der Waals surface area (Å²) in [7, 11) is 2.21. The lowest BCUT2D eigenvalue weighted by atomic mass is 10.00. The van der Waals surface area contributed by atoms with Crippen molar-refractivity contribution in [1.82, 2.24) is 9.80 Å². The molecule has 2 N–H and O–H groups in total. The van der Waals surface area contributed by atoms with Gasteiger partial charge in [0, 0.05) is 47.5 Å². The van der Waals surface area contributed by atoms with Gasteiger partial charge in [-0.05, 0) is 27.0 Å². The maximum atomic E-state index is 5.39. The highest BCUT2D eigenvalue weighted by Gasteiger charge is 2.30. The average Bonchev–Trinajstić information content (AvgIpc) is 2.78. The molecule has 0 unspecified atom stereocenters. The van der Waals surface area contributed by atoms with Crippen LogP contribution in [-0.2, 0) is 6.54 Å². The molecule has 0 aliphatic carbocycles. The van der Waals surface area contributed by atoms with Gasteiger partial charge in [0.2, 0.25) is 0 Å². The zero-order chi connectivity index (χ0) is 13.9. The number of nitrogens with two attached hydrogens (primary N) is 1. The van der Waals surface area contributed by atoms with Crippen molar-refractivity contribution in [2.45, 2.75) is 25.9 Å². The molecular weight excluding hydrogens is 254 g/mol. The van der Waals surface area contributed by atoms with Crippen LogP contribution in [0.1, 0.15) is 24.3 Å². The van der Waals surface area contributed by atoms with Crippen LogP contribution in [0.2, 0.25) is 0 Å². The molecule has 3 nitrogen and oxygen atoms in total. The molecule has 0 spiro atoms. The first-order valence-electron chi connectivity index (χ1n) is 6.71. The summed E-state index contributed by atoms with van der Waals surface area (Å²) < 4.78 is 0. The molecule has 0 saturated carbocycles. The first-order chi connectivity index (χ1) is 9.01. The standard InChI is InChI=1S/C15H23N3S/c1-15(2)12-18(8-7-17(15)3)10-14-9-13(11-19-14)5-4-6-16/h9,11H,6-8,10,12,16H2,1-3H3. The Labute approximate surface area is 120 Å². The second-order valence-electron chi connectivity index (χ2n) is 5.75. The molecule has 1 aromatic heterocycles. The summed E-state index contributed by atoms with van der Waals surface area (Å²) in [4.78, 5) is 6.36. The Morgan fingerprint density at radius 2 is 2.21 bits per heavy atom. The first kappa shape index (κ1) is 14.5.